The van der Waals surface area contributed by atoms with Crippen molar-refractivity contribution in [2.45, 2.75) is 13.0 Å². The highest BCUT2D eigenvalue weighted by atomic mass is 35.5. The van der Waals surface area contributed by atoms with Gasteiger partial charge >= 0.3 is 0 Å². The van der Waals surface area contributed by atoms with E-state index in [1.165, 1.54) is 6.92 Å². The van der Waals surface area contributed by atoms with Crippen LogP contribution in [0.3, 0.4) is 0 Å². The summed E-state index contributed by atoms with van der Waals surface area (Å²) in [7, 11) is 0. The Morgan fingerprint density at radius 2 is 1.67 bits per heavy atom. The van der Waals surface area contributed by atoms with Gasteiger partial charge in [-0.1, -0.05) is 23.2 Å². The molecule has 2 N–H and O–H groups in total. The number of nitrogens with two attached hydrogens (primary N) is 1. The van der Waals surface area contributed by atoms with Crippen molar-refractivity contribution in [3.8, 4) is 17.2 Å². The zero-order valence-corrected chi connectivity index (χ0v) is 13.9. The normalized spacial score (nSPS) is 11.6. The Kier molecular flexibility index (Phi) is 5.48. The van der Waals surface area contributed by atoms with Crippen molar-refractivity contribution in [1.82, 2.24) is 0 Å². The largest absolute Gasteiger partial charge is 0.481 e. The lowest BCUT2D eigenvalue weighted by atomic mass is 10.3. The number of non-ortho nitro benzene ring substituents is 1. The quantitative estimate of drug-likeness (QED) is 0.612. The highest BCUT2D eigenvalue weighted by molar-refractivity contribution is 6.37. The summed E-state index contributed by atoms with van der Waals surface area (Å²) >= 11 is 11.9. The lowest BCUT2D eigenvalue weighted by Gasteiger charge is -2.12. The van der Waals surface area contributed by atoms with Crippen LogP contribution < -0.4 is 15.2 Å². The lowest BCUT2D eigenvalue weighted by Crippen LogP contribution is -2.30. The number of nitrogens with zero attached hydrogens (tertiary/aromatic N) is 1. The van der Waals surface area contributed by atoms with Gasteiger partial charge in [0.2, 0.25) is 0 Å². The van der Waals surface area contributed by atoms with Crippen LogP contribution in [0.4, 0.5) is 5.69 Å². The van der Waals surface area contributed by atoms with Crippen molar-refractivity contribution < 1.29 is 19.2 Å². The summed E-state index contributed by atoms with van der Waals surface area (Å²) in [6.07, 6.45) is -0.768. The maximum absolute atomic E-state index is 11.0. The molecule has 0 heterocycles. The van der Waals surface area contributed by atoms with Crippen LogP contribution in [0.5, 0.6) is 17.2 Å². The van der Waals surface area contributed by atoms with Gasteiger partial charge in [0.25, 0.3) is 11.6 Å². The Balaban J connectivity index is 2.17. The summed E-state index contributed by atoms with van der Waals surface area (Å²) < 4.78 is 10.9. The van der Waals surface area contributed by atoms with E-state index >= 15 is 0 Å². The Bertz CT molecular complexity index is 757. The van der Waals surface area contributed by atoms with Gasteiger partial charge in [-0.3, -0.25) is 14.9 Å². The van der Waals surface area contributed by atoms with Crippen LogP contribution in [0.25, 0.3) is 0 Å². The number of rotatable bonds is 6. The minimum absolute atomic E-state index is 0.0110. The molecule has 0 aromatic heterocycles. The second kappa shape index (κ2) is 7.37. The van der Waals surface area contributed by atoms with E-state index in [-0.39, 0.29) is 21.5 Å². The van der Waals surface area contributed by atoms with Gasteiger partial charge in [0.15, 0.2) is 11.9 Å². The molecule has 7 nitrogen and oxygen atoms in total. The third-order valence-corrected chi connectivity index (χ3v) is 3.51. The van der Waals surface area contributed by atoms with Crippen molar-refractivity contribution in [3.63, 3.8) is 0 Å². The van der Waals surface area contributed by atoms with Crippen LogP contribution in [0, 0.1) is 10.1 Å². The molecule has 2 aromatic carbocycles. The fourth-order valence-corrected chi connectivity index (χ4v) is 2.27. The summed E-state index contributed by atoms with van der Waals surface area (Å²) in [6.45, 7) is 1.53. The molecule has 9 heteroatoms. The van der Waals surface area contributed by atoms with Gasteiger partial charge in [0.05, 0.1) is 15.0 Å². The standard InChI is InChI=1S/C15H12Cl2N2O5/c1-8(15(18)20)23-10-2-4-11(5-3-10)24-14-12(16)6-9(19(21)22)7-13(14)17/h2-8H,1H3,(H2,18,20). The third kappa shape index (κ3) is 4.27. The number of halogens is 2. The Hall–Kier alpha value is -2.51. The maximum atomic E-state index is 11.0. The summed E-state index contributed by atoms with van der Waals surface area (Å²) in [4.78, 5) is 21.1. The molecule has 0 fully saturated rings. The fourth-order valence-electron chi connectivity index (χ4n) is 1.72. The molecule has 2 rings (SSSR count). The highest BCUT2D eigenvalue weighted by Crippen LogP contribution is 2.39. The van der Waals surface area contributed by atoms with Gasteiger partial charge in [-0.05, 0) is 31.2 Å². The molecule has 0 radical (unpaired) electrons. The summed E-state index contributed by atoms with van der Waals surface area (Å²) in [5.41, 5.74) is 4.88. The highest BCUT2D eigenvalue weighted by Gasteiger charge is 2.16. The molecule has 0 aliphatic carbocycles. The van der Waals surface area contributed by atoms with Crippen LogP contribution in [-0.2, 0) is 4.79 Å². The number of carbonyl (C=O) groups excluding carboxylic acids is 1. The molecular formula is C15H12Cl2N2O5. The van der Waals surface area contributed by atoms with Crippen LogP contribution in [0.15, 0.2) is 36.4 Å². The van der Waals surface area contributed by atoms with Gasteiger partial charge in [-0.2, -0.15) is 0 Å². The van der Waals surface area contributed by atoms with E-state index < -0.39 is 16.9 Å². The van der Waals surface area contributed by atoms with Crippen molar-refractivity contribution >= 4 is 34.8 Å². The Labute approximate surface area is 147 Å². The minimum Gasteiger partial charge on any atom is -0.481 e. The average molecular weight is 371 g/mol. The topological polar surface area (TPSA) is 105 Å². The average Bonchev–Trinajstić information content (AvgIpc) is 2.52. The minimum atomic E-state index is -0.768. The number of amides is 1. The van der Waals surface area contributed by atoms with Crippen LogP contribution in [-0.4, -0.2) is 16.9 Å². The van der Waals surface area contributed by atoms with Crippen LogP contribution in [0.2, 0.25) is 10.0 Å². The van der Waals surface area contributed by atoms with Crippen molar-refractivity contribution in [2.24, 2.45) is 5.73 Å². The lowest BCUT2D eigenvalue weighted by molar-refractivity contribution is -0.384. The molecule has 24 heavy (non-hydrogen) atoms. The zero-order valence-electron chi connectivity index (χ0n) is 12.4. The van der Waals surface area contributed by atoms with Crippen molar-refractivity contribution in [3.05, 3.63) is 56.6 Å². The number of carbonyl (C=O) groups is 1. The first-order chi connectivity index (χ1) is 11.3. The second-order valence-corrected chi connectivity index (χ2v) is 5.55. The second-order valence-electron chi connectivity index (χ2n) is 4.73. The van der Waals surface area contributed by atoms with Gasteiger partial charge in [0, 0.05) is 12.1 Å². The van der Waals surface area contributed by atoms with Gasteiger partial charge in [0.1, 0.15) is 11.5 Å². The van der Waals surface area contributed by atoms with Gasteiger partial charge in [-0.25, -0.2) is 0 Å². The summed E-state index contributed by atoms with van der Waals surface area (Å²) in [5, 5.41) is 10.8. The SMILES string of the molecule is CC(Oc1ccc(Oc2c(Cl)cc([N+](=O)[O-])cc2Cl)cc1)C(N)=O. The first kappa shape index (κ1) is 17.8. The molecule has 0 saturated carbocycles. The van der Waals surface area contributed by atoms with Gasteiger partial charge in [-0.15, -0.1) is 0 Å². The molecule has 2 aromatic rings. The number of benzene rings is 2. The van der Waals surface area contributed by atoms with E-state index in [2.05, 4.69) is 0 Å². The third-order valence-electron chi connectivity index (χ3n) is 2.95. The number of hydrogen-bond donors (Lipinski definition) is 1. The molecule has 0 saturated heterocycles. The summed E-state index contributed by atoms with van der Waals surface area (Å²) in [6, 6.07) is 8.57. The number of hydrogen-bond acceptors (Lipinski definition) is 5. The van der Waals surface area contributed by atoms with Crippen molar-refractivity contribution in [2.75, 3.05) is 0 Å². The number of primary amides is 1. The van der Waals surface area contributed by atoms with E-state index in [4.69, 9.17) is 38.4 Å². The van der Waals surface area contributed by atoms with Gasteiger partial charge < -0.3 is 15.2 Å². The predicted octanol–water partition coefficient (Wildman–Crippen LogP) is 3.95. The number of nitro groups is 1. The molecule has 0 spiro atoms. The molecule has 1 unspecified atom stereocenters. The van der Waals surface area contributed by atoms with Crippen LogP contribution in [0.1, 0.15) is 6.92 Å². The molecule has 1 amide bonds. The number of nitro benzene ring substituents is 1. The first-order valence-corrected chi connectivity index (χ1v) is 7.41. The van der Waals surface area contributed by atoms with E-state index in [0.29, 0.717) is 11.5 Å². The molecular weight excluding hydrogens is 359 g/mol. The first-order valence-electron chi connectivity index (χ1n) is 6.65. The van der Waals surface area contributed by atoms with Crippen molar-refractivity contribution in [1.29, 1.82) is 0 Å². The van der Waals surface area contributed by atoms with E-state index in [1.54, 1.807) is 24.3 Å². The maximum Gasteiger partial charge on any atom is 0.272 e. The molecule has 1 atom stereocenters. The number of ether oxygens (including phenoxy) is 2. The Morgan fingerprint density at radius 3 is 2.12 bits per heavy atom. The monoisotopic (exact) mass is 370 g/mol. The predicted molar refractivity (Wildman–Crippen MR) is 88.9 cm³/mol. The molecule has 0 aliphatic heterocycles. The molecule has 0 bridgehead atoms. The molecule has 0 aliphatic rings. The van der Waals surface area contributed by atoms with E-state index in [0.717, 1.165) is 12.1 Å². The fraction of sp³-hybridized carbons (Fsp3) is 0.133. The van der Waals surface area contributed by atoms with Crippen LogP contribution >= 0.6 is 23.2 Å². The van der Waals surface area contributed by atoms with E-state index in [1.807, 2.05) is 0 Å². The molecule has 126 valence electrons. The smallest absolute Gasteiger partial charge is 0.272 e. The zero-order chi connectivity index (χ0) is 17.9. The Morgan fingerprint density at radius 1 is 1.17 bits per heavy atom. The summed E-state index contributed by atoms with van der Waals surface area (Å²) in [5.74, 6) is 0.323. The van der Waals surface area contributed by atoms with E-state index in [9.17, 15) is 14.9 Å².